The zero-order valence-electron chi connectivity index (χ0n) is 14.9. The van der Waals surface area contributed by atoms with Crippen molar-refractivity contribution in [2.75, 3.05) is 7.05 Å². The summed E-state index contributed by atoms with van der Waals surface area (Å²) in [5, 5.41) is 12.2. The van der Waals surface area contributed by atoms with Crippen LogP contribution >= 0.6 is 23.4 Å². The maximum Gasteiger partial charge on any atom is 0.233 e. The van der Waals surface area contributed by atoms with E-state index in [1.54, 1.807) is 31.3 Å². The molecule has 0 fully saturated rings. The molecule has 140 valence electrons. The van der Waals surface area contributed by atoms with Gasteiger partial charge in [0.15, 0.2) is 11.0 Å². The molecule has 27 heavy (non-hydrogen) atoms. The Morgan fingerprint density at radius 1 is 1.19 bits per heavy atom. The summed E-state index contributed by atoms with van der Waals surface area (Å²) < 4.78 is 7.73. The summed E-state index contributed by atoms with van der Waals surface area (Å²) in [5.41, 5.74) is 0.906. The van der Waals surface area contributed by atoms with E-state index in [-0.39, 0.29) is 17.8 Å². The minimum Gasteiger partial charge on any atom is -0.486 e. The second kappa shape index (κ2) is 8.92. The minimum atomic E-state index is -0.299. The monoisotopic (exact) mass is 402 g/mol. The van der Waals surface area contributed by atoms with Gasteiger partial charge in [0.25, 0.3) is 0 Å². The van der Waals surface area contributed by atoms with Crippen molar-refractivity contribution in [1.82, 2.24) is 20.1 Å². The van der Waals surface area contributed by atoms with Crippen molar-refractivity contribution in [3.05, 3.63) is 65.4 Å². The van der Waals surface area contributed by atoms with Gasteiger partial charge >= 0.3 is 0 Å². The highest BCUT2D eigenvalue weighted by Gasteiger charge is 2.20. The second-order valence-electron chi connectivity index (χ2n) is 5.69. The molecular formula is C19H19ClN4O2S. The molecule has 0 aliphatic heterocycles. The molecule has 3 aromatic rings. The summed E-state index contributed by atoms with van der Waals surface area (Å²) in [7, 11) is 1.62. The van der Waals surface area contributed by atoms with Gasteiger partial charge < -0.3 is 10.1 Å². The fraction of sp³-hybridized carbons (Fsp3) is 0.211. The average molecular weight is 403 g/mol. The van der Waals surface area contributed by atoms with E-state index in [1.807, 2.05) is 41.8 Å². The lowest BCUT2D eigenvalue weighted by Gasteiger charge is -2.13. The number of ether oxygens (including phenoxy) is 1. The van der Waals surface area contributed by atoms with Crippen LogP contribution in [0.5, 0.6) is 5.75 Å². The number of aromatic nitrogens is 3. The summed E-state index contributed by atoms with van der Waals surface area (Å²) in [6.45, 7) is 2.07. The molecule has 0 radical (unpaired) electrons. The number of benzene rings is 2. The van der Waals surface area contributed by atoms with Crippen molar-refractivity contribution in [3.63, 3.8) is 0 Å². The number of carbonyl (C=O) groups excluding carboxylic acids is 1. The smallest absolute Gasteiger partial charge is 0.233 e. The highest BCUT2D eigenvalue weighted by molar-refractivity contribution is 8.00. The topological polar surface area (TPSA) is 69.0 Å². The first-order valence-electron chi connectivity index (χ1n) is 8.35. The van der Waals surface area contributed by atoms with Gasteiger partial charge in [-0.25, -0.2) is 0 Å². The number of rotatable bonds is 7. The number of para-hydroxylation sites is 1. The molecule has 2 aromatic carbocycles. The van der Waals surface area contributed by atoms with Crippen LogP contribution in [0.4, 0.5) is 0 Å². The number of amides is 1. The molecule has 0 saturated carbocycles. The predicted molar refractivity (Wildman–Crippen MR) is 107 cm³/mol. The van der Waals surface area contributed by atoms with E-state index < -0.39 is 0 Å². The Morgan fingerprint density at radius 2 is 1.89 bits per heavy atom. The van der Waals surface area contributed by atoms with Gasteiger partial charge in [0.2, 0.25) is 5.91 Å². The number of halogens is 1. The van der Waals surface area contributed by atoms with Gasteiger partial charge in [-0.05, 0) is 43.3 Å². The molecule has 0 saturated heterocycles. The lowest BCUT2D eigenvalue weighted by atomic mass is 10.3. The van der Waals surface area contributed by atoms with Crippen LogP contribution in [0.25, 0.3) is 5.69 Å². The standard InChI is InChI=1S/C19H19ClN4O2S/c1-13(18(25)21-2)27-19-23-22-17(24(19)15-6-4-3-5-7-15)12-26-16-10-8-14(20)9-11-16/h3-11,13H,12H2,1-2H3,(H,21,25). The molecule has 1 aromatic heterocycles. The van der Waals surface area contributed by atoms with E-state index in [9.17, 15) is 4.79 Å². The highest BCUT2D eigenvalue weighted by atomic mass is 35.5. The SMILES string of the molecule is CNC(=O)C(C)Sc1nnc(COc2ccc(Cl)cc2)n1-c1ccccc1. The molecule has 1 heterocycles. The van der Waals surface area contributed by atoms with Gasteiger partial charge in [-0.1, -0.05) is 41.6 Å². The summed E-state index contributed by atoms with van der Waals surface area (Å²) in [5.74, 6) is 1.26. The molecule has 3 rings (SSSR count). The van der Waals surface area contributed by atoms with E-state index in [2.05, 4.69) is 15.5 Å². The Labute approximate surface area is 166 Å². The molecule has 1 atom stereocenters. The molecule has 8 heteroatoms. The van der Waals surface area contributed by atoms with Gasteiger partial charge in [-0.2, -0.15) is 0 Å². The van der Waals surface area contributed by atoms with Gasteiger partial charge in [0, 0.05) is 17.8 Å². The molecule has 1 amide bonds. The Bertz CT molecular complexity index is 900. The summed E-state index contributed by atoms with van der Waals surface area (Å²) in [4.78, 5) is 11.9. The lowest BCUT2D eigenvalue weighted by molar-refractivity contribution is -0.119. The van der Waals surface area contributed by atoms with Crippen LogP contribution in [-0.2, 0) is 11.4 Å². The number of nitrogens with one attached hydrogen (secondary N) is 1. The fourth-order valence-electron chi connectivity index (χ4n) is 2.40. The molecular weight excluding hydrogens is 384 g/mol. The largest absolute Gasteiger partial charge is 0.486 e. The number of thioether (sulfide) groups is 1. The van der Waals surface area contributed by atoms with Gasteiger partial charge in [0.05, 0.1) is 5.25 Å². The second-order valence-corrected chi connectivity index (χ2v) is 7.43. The normalized spacial score (nSPS) is 11.8. The molecule has 1 N–H and O–H groups in total. The number of hydrogen-bond donors (Lipinski definition) is 1. The van der Waals surface area contributed by atoms with E-state index in [0.29, 0.717) is 21.8 Å². The van der Waals surface area contributed by atoms with E-state index >= 15 is 0 Å². The highest BCUT2D eigenvalue weighted by Crippen LogP contribution is 2.26. The lowest BCUT2D eigenvalue weighted by Crippen LogP contribution is -2.27. The Hall–Kier alpha value is -2.51. The number of hydrogen-bond acceptors (Lipinski definition) is 5. The van der Waals surface area contributed by atoms with E-state index in [0.717, 1.165) is 5.69 Å². The van der Waals surface area contributed by atoms with E-state index in [4.69, 9.17) is 16.3 Å². The van der Waals surface area contributed by atoms with Crippen molar-refractivity contribution in [3.8, 4) is 11.4 Å². The van der Waals surface area contributed by atoms with Gasteiger partial charge in [-0.15, -0.1) is 10.2 Å². The molecule has 0 aliphatic rings. The minimum absolute atomic E-state index is 0.0680. The van der Waals surface area contributed by atoms with Crippen LogP contribution < -0.4 is 10.1 Å². The quantitative estimate of drug-likeness (QED) is 0.610. The molecule has 1 unspecified atom stereocenters. The van der Waals surface area contributed by atoms with Gasteiger partial charge in [-0.3, -0.25) is 9.36 Å². The Morgan fingerprint density at radius 3 is 2.56 bits per heavy atom. The third-order valence-electron chi connectivity index (χ3n) is 3.79. The number of nitrogens with zero attached hydrogens (tertiary/aromatic N) is 3. The van der Waals surface area contributed by atoms with Crippen molar-refractivity contribution in [2.24, 2.45) is 0 Å². The average Bonchev–Trinajstić information content (AvgIpc) is 3.09. The molecule has 0 aliphatic carbocycles. The molecule has 0 bridgehead atoms. The van der Waals surface area contributed by atoms with Crippen LogP contribution in [0, 0.1) is 0 Å². The molecule has 0 spiro atoms. The van der Waals surface area contributed by atoms with E-state index in [1.165, 1.54) is 11.8 Å². The van der Waals surface area contributed by atoms with Crippen molar-refractivity contribution in [1.29, 1.82) is 0 Å². The first-order chi connectivity index (χ1) is 13.1. The van der Waals surface area contributed by atoms with Crippen LogP contribution in [0.3, 0.4) is 0 Å². The predicted octanol–water partition coefficient (Wildman–Crippen LogP) is 3.73. The maximum atomic E-state index is 11.9. The van der Waals surface area contributed by atoms with Crippen molar-refractivity contribution in [2.45, 2.75) is 23.9 Å². The third-order valence-corrected chi connectivity index (χ3v) is 5.09. The van der Waals surface area contributed by atoms with Gasteiger partial charge in [0.1, 0.15) is 12.4 Å². The first kappa shape index (κ1) is 19.3. The van der Waals surface area contributed by atoms with Crippen LogP contribution in [0.15, 0.2) is 59.8 Å². The number of carbonyl (C=O) groups is 1. The summed E-state index contributed by atoms with van der Waals surface area (Å²) in [6, 6.07) is 16.9. The summed E-state index contributed by atoms with van der Waals surface area (Å²) >= 11 is 7.25. The maximum absolute atomic E-state index is 11.9. The Kier molecular flexibility index (Phi) is 6.36. The van der Waals surface area contributed by atoms with Crippen molar-refractivity contribution < 1.29 is 9.53 Å². The fourth-order valence-corrected chi connectivity index (χ4v) is 3.47. The zero-order chi connectivity index (χ0) is 19.2. The zero-order valence-corrected chi connectivity index (χ0v) is 16.5. The third kappa shape index (κ3) is 4.81. The van der Waals surface area contributed by atoms with Crippen molar-refractivity contribution >= 4 is 29.3 Å². The van der Waals surface area contributed by atoms with Crippen LogP contribution in [-0.4, -0.2) is 33.0 Å². The first-order valence-corrected chi connectivity index (χ1v) is 9.60. The molecule has 6 nitrogen and oxygen atoms in total. The Balaban J connectivity index is 1.87. The van der Waals surface area contributed by atoms with Crippen LogP contribution in [0.2, 0.25) is 5.02 Å². The summed E-state index contributed by atoms with van der Waals surface area (Å²) in [6.07, 6.45) is 0. The van der Waals surface area contributed by atoms with Crippen LogP contribution in [0.1, 0.15) is 12.7 Å².